The molecule has 24 heavy (non-hydrogen) atoms. The lowest BCUT2D eigenvalue weighted by Gasteiger charge is -2.43. The van der Waals surface area contributed by atoms with Gasteiger partial charge in [-0.3, -0.25) is 14.5 Å². The SMILES string of the molecule is Cc1ccc2c(c1)C(C)(CC1COCCO1)C(=O)N(C(C)C)C2=O. The van der Waals surface area contributed by atoms with E-state index in [1.165, 1.54) is 4.90 Å². The highest BCUT2D eigenvalue weighted by atomic mass is 16.6. The van der Waals surface area contributed by atoms with Crippen molar-refractivity contribution in [2.24, 2.45) is 0 Å². The second-order valence-corrected chi connectivity index (χ2v) is 7.23. The largest absolute Gasteiger partial charge is 0.376 e. The Balaban J connectivity index is 2.07. The Bertz CT molecular complexity index is 663. The van der Waals surface area contributed by atoms with E-state index in [1.807, 2.05) is 45.9 Å². The van der Waals surface area contributed by atoms with Gasteiger partial charge >= 0.3 is 0 Å². The average Bonchev–Trinajstić information content (AvgIpc) is 2.54. The van der Waals surface area contributed by atoms with Gasteiger partial charge in [-0.15, -0.1) is 0 Å². The number of amides is 2. The van der Waals surface area contributed by atoms with Crippen LogP contribution in [0.1, 0.15) is 48.7 Å². The molecule has 5 nitrogen and oxygen atoms in total. The molecular weight excluding hydrogens is 306 g/mol. The van der Waals surface area contributed by atoms with Crippen LogP contribution in [0.4, 0.5) is 0 Å². The number of hydrogen-bond acceptors (Lipinski definition) is 4. The lowest BCUT2D eigenvalue weighted by Crippen LogP contribution is -2.57. The summed E-state index contributed by atoms with van der Waals surface area (Å²) >= 11 is 0. The molecule has 2 aliphatic heterocycles. The summed E-state index contributed by atoms with van der Waals surface area (Å²) in [5, 5.41) is 0. The molecule has 0 saturated carbocycles. The van der Waals surface area contributed by atoms with Crippen LogP contribution in [0, 0.1) is 6.92 Å². The highest BCUT2D eigenvalue weighted by Gasteiger charge is 2.49. The molecule has 3 rings (SSSR count). The number of aryl methyl sites for hydroxylation is 1. The monoisotopic (exact) mass is 331 g/mol. The Morgan fingerprint density at radius 2 is 2.04 bits per heavy atom. The highest BCUT2D eigenvalue weighted by molar-refractivity contribution is 6.13. The highest BCUT2D eigenvalue weighted by Crippen LogP contribution is 2.40. The Labute approximate surface area is 142 Å². The molecule has 2 unspecified atom stereocenters. The van der Waals surface area contributed by atoms with Crippen LogP contribution in [0.3, 0.4) is 0 Å². The second kappa shape index (κ2) is 6.30. The fourth-order valence-electron chi connectivity index (χ4n) is 3.68. The first-order valence-corrected chi connectivity index (χ1v) is 8.53. The lowest BCUT2D eigenvalue weighted by atomic mass is 9.71. The number of nitrogens with zero attached hydrogens (tertiary/aromatic N) is 1. The minimum atomic E-state index is -0.787. The maximum Gasteiger partial charge on any atom is 0.261 e. The third kappa shape index (κ3) is 2.76. The van der Waals surface area contributed by atoms with Crippen molar-refractivity contribution < 1.29 is 19.1 Å². The van der Waals surface area contributed by atoms with E-state index in [0.29, 0.717) is 31.8 Å². The summed E-state index contributed by atoms with van der Waals surface area (Å²) in [5.74, 6) is -0.349. The zero-order valence-corrected chi connectivity index (χ0v) is 14.8. The summed E-state index contributed by atoms with van der Waals surface area (Å²) in [6.45, 7) is 9.26. The Kier molecular flexibility index (Phi) is 4.49. The topological polar surface area (TPSA) is 55.8 Å². The molecule has 130 valence electrons. The van der Waals surface area contributed by atoms with Crippen molar-refractivity contribution in [1.82, 2.24) is 4.90 Å². The molecular formula is C19H25NO4. The molecule has 2 atom stereocenters. The van der Waals surface area contributed by atoms with E-state index in [1.54, 1.807) is 0 Å². The van der Waals surface area contributed by atoms with E-state index < -0.39 is 5.41 Å². The van der Waals surface area contributed by atoms with Crippen molar-refractivity contribution in [3.8, 4) is 0 Å². The smallest absolute Gasteiger partial charge is 0.261 e. The Hall–Kier alpha value is -1.72. The predicted molar refractivity (Wildman–Crippen MR) is 90.0 cm³/mol. The van der Waals surface area contributed by atoms with Crippen molar-refractivity contribution in [1.29, 1.82) is 0 Å². The summed E-state index contributed by atoms with van der Waals surface area (Å²) in [5.41, 5.74) is 1.68. The van der Waals surface area contributed by atoms with Crippen molar-refractivity contribution in [3.05, 3.63) is 34.9 Å². The van der Waals surface area contributed by atoms with E-state index >= 15 is 0 Å². The maximum atomic E-state index is 13.3. The Morgan fingerprint density at radius 3 is 2.67 bits per heavy atom. The van der Waals surface area contributed by atoms with Crippen LogP contribution in [0.25, 0.3) is 0 Å². The molecule has 0 aliphatic carbocycles. The zero-order chi connectivity index (χ0) is 17.5. The minimum Gasteiger partial charge on any atom is -0.376 e. The molecule has 1 fully saturated rings. The van der Waals surface area contributed by atoms with E-state index in [-0.39, 0.29) is 24.0 Å². The Morgan fingerprint density at radius 1 is 1.29 bits per heavy atom. The van der Waals surface area contributed by atoms with Crippen LogP contribution >= 0.6 is 0 Å². The fraction of sp³-hybridized carbons (Fsp3) is 0.579. The molecule has 2 heterocycles. The van der Waals surface area contributed by atoms with Crippen LogP contribution in [0.5, 0.6) is 0 Å². The van der Waals surface area contributed by atoms with Gasteiger partial charge in [0.05, 0.1) is 31.3 Å². The fourth-order valence-corrected chi connectivity index (χ4v) is 3.68. The third-order valence-electron chi connectivity index (χ3n) is 4.95. The summed E-state index contributed by atoms with van der Waals surface area (Å²) in [6.07, 6.45) is 0.377. The number of carbonyl (C=O) groups is 2. The number of hydrogen-bond donors (Lipinski definition) is 0. The number of imide groups is 1. The van der Waals surface area contributed by atoms with Gasteiger partial charge in [-0.25, -0.2) is 0 Å². The predicted octanol–water partition coefficient (Wildman–Crippen LogP) is 2.45. The zero-order valence-electron chi connectivity index (χ0n) is 14.8. The third-order valence-corrected chi connectivity index (χ3v) is 4.95. The van der Waals surface area contributed by atoms with Crippen LogP contribution < -0.4 is 0 Å². The second-order valence-electron chi connectivity index (χ2n) is 7.23. The molecule has 0 aromatic heterocycles. The van der Waals surface area contributed by atoms with Gasteiger partial charge in [0.25, 0.3) is 5.91 Å². The van der Waals surface area contributed by atoms with Gasteiger partial charge in [0.1, 0.15) is 0 Å². The van der Waals surface area contributed by atoms with Crippen molar-refractivity contribution in [3.63, 3.8) is 0 Å². The van der Waals surface area contributed by atoms with E-state index in [2.05, 4.69) is 0 Å². The van der Waals surface area contributed by atoms with Gasteiger partial charge in [-0.05, 0) is 45.7 Å². The molecule has 2 amide bonds. The standard InChI is InChI=1S/C19H25NO4/c1-12(2)20-17(21)15-6-5-13(3)9-16(15)19(4,18(20)22)10-14-11-23-7-8-24-14/h5-6,9,12,14H,7-8,10-11H2,1-4H3. The van der Waals surface area contributed by atoms with Crippen LogP contribution in [-0.2, 0) is 19.7 Å². The molecule has 0 N–H and O–H groups in total. The van der Waals surface area contributed by atoms with Gasteiger partial charge in [0.2, 0.25) is 5.91 Å². The number of carbonyl (C=O) groups excluding carboxylic acids is 2. The normalized spacial score (nSPS) is 27.5. The summed E-state index contributed by atoms with van der Waals surface area (Å²) < 4.78 is 11.3. The number of ether oxygens (including phenoxy) is 2. The minimum absolute atomic E-state index is 0.136. The molecule has 1 aromatic carbocycles. The summed E-state index contributed by atoms with van der Waals surface area (Å²) in [7, 11) is 0. The van der Waals surface area contributed by atoms with Gasteiger partial charge in [0, 0.05) is 11.6 Å². The quantitative estimate of drug-likeness (QED) is 0.799. The van der Waals surface area contributed by atoms with Crippen molar-refractivity contribution >= 4 is 11.8 Å². The number of benzene rings is 1. The van der Waals surface area contributed by atoms with Gasteiger partial charge < -0.3 is 9.47 Å². The van der Waals surface area contributed by atoms with Crippen molar-refractivity contribution in [2.75, 3.05) is 19.8 Å². The average molecular weight is 331 g/mol. The first kappa shape index (κ1) is 17.1. The molecule has 0 spiro atoms. The number of rotatable bonds is 3. The molecule has 0 radical (unpaired) electrons. The van der Waals surface area contributed by atoms with Crippen molar-refractivity contribution in [2.45, 2.75) is 51.7 Å². The number of fused-ring (bicyclic) bond motifs is 1. The summed E-state index contributed by atoms with van der Waals surface area (Å²) in [4.78, 5) is 27.5. The lowest BCUT2D eigenvalue weighted by molar-refractivity contribution is -0.141. The van der Waals surface area contributed by atoms with Gasteiger partial charge in [-0.1, -0.05) is 17.7 Å². The van der Waals surface area contributed by atoms with Gasteiger partial charge in [0.15, 0.2) is 0 Å². The molecule has 5 heteroatoms. The first-order valence-electron chi connectivity index (χ1n) is 8.53. The van der Waals surface area contributed by atoms with E-state index in [4.69, 9.17) is 9.47 Å². The molecule has 2 aliphatic rings. The van der Waals surface area contributed by atoms with Crippen LogP contribution in [0.2, 0.25) is 0 Å². The van der Waals surface area contributed by atoms with E-state index in [9.17, 15) is 9.59 Å². The molecule has 0 bridgehead atoms. The first-order chi connectivity index (χ1) is 11.3. The molecule has 1 aromatic rings. The maximum absolute atomic E-state index is 13.3. The molecule has 1 saturated heterocycles. The van der Waals surface area contributed by atoms with Gasteiger partial charge in [-0.2, -0.15) is 0 Å². The summed E-state index contributed by atoms with van der Waals surface area (Å²) in [6, 6.07) is 5.55. The van der Waals surface area contributed by atoms with E-state index in [0.717, 1.165) is 11.1 Å². The van der Waals surface area contributed by atoms with Crippen LogP contribution in [-0.4, -0.2) is 48.7 Å². The van der Waals surface area contributed by atoms with Crippen LogP contribution in [0.15, 0.2) is 18.2 Å².